The Hall–Kier alpha value is -4.11. The Morgan fingerprint density at radius 2 is 1.79 bits per heavy atom. The number of piperazine rings is 1. The lowest BCUT2D eigenvalue weighted by molar-refractivity contribution is -0.274. The van der Waals surface area contributed by atoms with E-state index < -0.39 is 39.8 Å². The summed E-state index contributed by atoms with van der Waals surface area (Å²) in [4.78, 5) is 32.2. The zero-order valence-corrected chi connectivity index (χ0v) is 23.0. The second-order valence-corrected chi connectivity index (χ2v) is 11.3. The number of amides is 2. The minimum Gasteiger partial charge on any atom is -0.447 e. The SMILES string of the molecule is O=C(OCC1CCCO1)N1CCN(C(=O)c2ccc(NS(=O)(=O)c3cccc4cccnc34)c(OC(F)(F)F)c2)CC1. The van der Waals surface area contributed by atoms with Crippen molar-refractivity contribution in [1.29, 1.82) is 0 Å². The van der Waals surface area contributed by atoms with E-state index in [1.807, 2.05) is 0 Å². The van der Waals surface area contributed by atoms with Crippen LogP contribution in [0.2, 0.25) is 0 Å². The van der Waals surface area contributed by atoms with E-state index in [9.17, 15) is 31.2 Å². The molecule has 1 N–H and O–H groups in total. The molecule has 1 atom stereocenters. The van der Waals surface area contributed by atoms with Crippen LogP contribution in [0.15, 0.2) is 59.6 Å². The number of pyridine rings is 1. The lowest BCUT2D eigenvalue weighted by atomic mass is 10.1. The van der Waals surface area contributed by atoms with Crippen molar-refractivity contribution in [2.45, 2.75) is 30.2 Å². The number of benzene rings is 2. The summed E-state index contributed by atoms with van der Waals surface area (Å²) in [6, 6.07) is 10.7. The van der Waals surface area contributed by atoms with Gasteiger partial charge in [0, 0.05) is 49.9 Å². The maximum atomic E-state index is 13.3. The highest BCUT2D eigenvalue weighted by molar-refractivity contribution is 7.93. The highest BCUT2D eigenvalue weighted by Crippen LogP contribution is 2.34. The molecule has 3 heterocycles. The summed E-state index contributed by atoms with van der Waals surface area (Å²) < 4.78 is 83.2. The third-order valence-electron chi connectivity index (χ3n) is 6.83. The van der Waals surface area contributed by atoms with Crippen LogP contribution >= 0.6 is 0 Å². The molecule has 11 nitrogen and oxygen atoms in total. The maximum absolute atomic E-state index is 13.3. The van der Waals surface area contributed by atoms with Crippen molar-refractivity contribution in [2.75, 3.05) is 44.1 Å². The molecule has 2 amide bonds. The number of nitrogens with zero attached hydrogens (tertiary/aromatic N) is 3. The average molecular weight is 609 g/mol. The van der Waals surface area contributed by atoms with Crippen molar-refractivity contribution < 1.29 is 45.4 Å². The van der Waals surface area contributed by atoms with Gasteiger partial charge in [0.05, 0.1) is 17.3 Å². The predicted octanol–water partition coefficient (Wildman–Crippen LogP) is 4.01. The molecule has 1 aromatic heterocycles. The highest BCUT2D eigenvalue weighted by Gasteiger charge is 2.34. The number of carbonyl (C=O) groups excluding carboxylic acids is 2. The number of ether oxygens (including phenoxy) is 3. The number of aromatic nitrogens is 1. The van der Waals surface area contributed by atoms with Crippen LogP contribution in [0.1, 0.15) is 23.2 Å². The number of sulfonamides is 1. The molecule has 2 aliphatic rings. The van der Waals surface area contributed by atoms with E-state index in [-0.39, 0.29) is 54.9 Å². The van der Waals surface area contributed by atoms with E-state index in [2.05, 4.69) is 14.4 Å². The number of anilines is 1. The Morgan fingerprint density at radius 1 is 1.05 bits per heavy atom. The topological polar surface area (TPSA) is 127 Å². The van der Waals surface area contributed by atoms with Crippen LogP contribution in [0.25, 0.3) is 10.9 Å². The van der Waals surface area contributed by atoms with Gasteiger partial charge in [0.15, 0.2) is 5.75 Å². The summed E-state index contributed by atoms with van der Waals surface area (Å²) in [5.74, 6) is -1.51. The molecular formula is C27H27F3N4O7S. The minimum atomic E-state index is -5.17. The number of rotatable bonds is 7. The fourth-order valence-corrected chi connectivity index (χ4v) is 6.00. The van der Waals surface area contributed by atoms with Crippen LogP contribution in [0.3, 0.4) is 0 Å². The molecule has 0 spiro atoms. The zero-order chi connectivity index (χ0) is 29.9. The van der Waals surface area contributed by atoms with Gasteiger partial charge in [0.2, 0.25) is 0 Å². The number of hydrogen-bond donors (Lipinski definition) is 1. The number of para-hydroxylation sites is 1. The van der Waals surface area contributed by atoms with E-state index in [1.165, 1.54) is 34.2 Å². The van der Waals surface area contributed by atoms with Gasteiger partial charge in [0.1, 0.15) is 11.5 Å². The number of halogens is 3. The van der Waals surface area contributed by atoms with Gasteiger partial charge in [0.25, 0.3) is 15.9 Å². The first kappa shape index (κ1) is 29.4. The third kappa shape index (κ3) is 6.85. The average Bonchev–Trinajstić information content (AvgIpc) is 3.49. The summed E-state index contributed by atoms with van der Waals surface area (Å²) >= 11 is 0. The van der Waals surface area contributed by atoms with E-state index in [0.717, 1.165) is 25.0 Å². The fraction of sp³-hybridized carbons (Fsp3) is 0.370. The van der Waals surface area contributed by atoms with Crippen LogP contribution in [0.5, 0.6) is 5.75 Å². The van der Waals surface area contributed by atoms with E-state index >= 15 is 0 Å². The number of carbonyl (C=O) groups is 2. The molecular weight excluding hydrogens is 581 g/mol. The van der Waals surface area contributed by atoms with Crippen molar-refractivity contribution in [3.63, 3.8) is 0 Å². The molecule has 2 aliphatic heterocycles. The van der Waals surface area contributed by atoms with Crippen molar-refractivity contribution in [1.82, 2.24) is 14.8 Å². The smallest absolute Gasteiger partial charge is 0.447 e. The molecule has 224 valence electrons. The summed E-state index contributed by atoms with van der Waals surface area (Å²) in [6.07, 6.45) is -2.70. The van der Waals surface area contributed by atoms with Gasteiger partial charge < -0.3 is 24.0 Å². The van der Waals surface area contributed by atoms with Crippen molar-refractivity contribution >= 4 is 38.6 Å². The molecule has 5 rings (SSSR count). The Kier molecular flexibility index (Phi) is 8.41. The number of fused-ring (bicyclic) bond motifs is 1. The van der Waals surface area contributed by atoms with Gasteiger partial charge in [-0.1, -0.05) is 18.2 Å². The van der Waals surface area contributed by atoms with Crippen LogP contribution in [0.4, 0.5) is 23.7 Å². The molecule has 2 aromatic carbocycles. The van der Waals surface area contributed by atoms with Crippen LogP contribution in [0, 0.1) is 0 Å². The predicted molar refractivity (Wildman–Crippen MR) is 143 cm³/mol. The van der Waals surface area contributed by atoms with Gasteiger partial charge in [-0.15, -0.1) is 13.2 Å². The molecule has 2 saturated heterocycles. The zero-order valence-electron chi connectivity index (χ0n) is 22.2. The Labute approximate surface area is 239 Å². The van der Waals surface area contributed by atoms with Gasteiger partial charge in [-0.3, -0.25) is 14.5 Å². The van der Waals surface area contributed by atoms with Gasteiger partial charge >= 0.3 is 12.5 Å². The monoisotopic (exact) mass is 608 g/mol. The molecule has 1 unspecified atom stereocenters. The summed E-state index contributed by atoms with van der Waals surface area (Å²) in [7, 11) is -4.41. The second kappa shape index (κ2) is 12.0. The number of hydrogen-bond acceptors (Lipinski definition) is 8. The molecule has 0 saturated carbocycles. The van der Waals surface area contributed by atoms with E-state index in [0.29, 0.717) is 12.0 Å². The Morgan fingerprint density at radius 3 is 2.50 bits per heavy atom. The summed E-state index contributed by atoms with van der Waals surface area (Å²) in [5, 5.41) is 0.518. The van der Waals surface area contributed by atoms with Crippen molar-refractivity contribution in [3.05, 3.63) is 60.3 Å². The highest BCUT2D eigenvalue weighted by atomic mass is 32.2. The second-order valence-electron chi connectivity index (χ2n) is 9.69. The Bertz CT molecular complexity index is 1570. The quantitative estimate of drug-likeness (QED) is 0.427. The van der Waals surface area contributed by atoms with Crippen LogP contribution in [-0.2, 0) is 19.5 Å². The first-order valence-electron chi connectivity index (χ1n) is 13.1. The molecule has 0 bridgehead atoms. The molecule has 3 aromatic rings. The van der Waals surface area contributed by atoms with Crippen molar-refractivity contribution in [3.8, 4) is 5.75 Å². The summed E-state index contributed by atoms with van der Waals surface area (Å²) in [5.41, 5.74) is -0.540. The van der Waals surface area contributed by atoms with Gasteiger partial charge in [-0.25, -0.2) is 13.2 Å². The first-order chi connectivity index (χ1) is 20.0. The fourth-order valence-electron chi connectivity index (χ4n) is 4.75. The molecule has 0 radical (unpaired) electrons. The van der Waals surface area contributed by atoms with Gasteiger partial charge in [-0.05, 0) is 43.2 Å². The Balaban J connectivity index is 1.30. The van der Waals surface area contributed by atoms with Crippen LogP contribution < -0.4 is 9.46 Å². The lowest BCUT2D eigenvalue weighted by Crippen LogP contribution is -2.51. The minimum absolute atomic E-state index is 0.117. The van der Waals surface area contributed by atoms with Crippen molar-refractivity contribution in [2.24, 2.45) is 0 Å². The number of nitrogens with one attached hydrogen (secondary N) is 1. The molecule has 2 fully saturated rings. The molecule has 0 aliphatic carbocycles. The molecule has 15 heteroatoms. The lowest BCUT2D eigenvalue weighted by Gasteiger charge is -2.34. The third-order valence-corrected chi connectivity index (χ3v) is 8.22. The largest absolute Gasteiger partial charge is 0.573 e. The first-order valence-corrected chi connectivity index (χ1v) is 14.6. The van der Waals surface area contributed by atoms with Crippen LogP contribution in [-0.4, -0.2) is 87.1 Å². The van der Waals surface area contributed by atoms with E-state index in [1.54, 1.807) is 18.2 Å². The normalized spacial score (nSPS) is 17.7. The summed E-state index contributed by atoms with van der Waals surface area (Å²) in [6.45, 7) is 1.34. The number of alkyl halides is 3. The molecule has 42 heavy (non-hydrogen) atoms. The standard InChI is InChI=1S/C27H27F3N4O7S/c28-27(29,30)41-22-16-19(25(35)33-11-13-34(14-12-33)26(36)40-17-20-6-3-15-39-20)8-9-21(22)32-42(37,38)23-7-1-4-18-5-2-10-31-24(18)23/h1-2,4-5,7-10,16,20,32H,3,6,11-15,17H2. The van der Waals surface area contributed by atoms with Gasteiger partial charge in [-0.2, -0.15) is 0 Å². The maximum Gasteiger partial charge on any atom is 0.573 e. The van der Waals surface area contributed by atoms with E-state index in [4.69, 9.17) is 9.47 Å².